The highest BCUT2D eigenvalue weighted by Gasteiger charge is 2.33. The molecule has 168 valence electrons. The third-order valence-corrected chi connectivity index (χ3v) is 7.49. The Morgan fingerprint density at radius 3 is 2.91 bits per heavy atom. The van der Waals surface area contributed by atoms with Crippen molar-refractivity contribution in [3.63, 3.8) is 0 Å². The number of esters is 1. The molecule has 0 fully saturated rings. The monoisotopic (exact) mass is 462 g/mol. The van der Waals surface area contributed by atoms with Crippen LogP contribution in [0.15, 0.2) is 42.5 Å². The molecule has 2 aliphatic heterocycles. The van der Waals surface area contributed by atoms with Crippen LogP contribution in [0.25, 0.3) is 0 Å². The zero-order valence-corrected chi connectivity index (χ0v) is 18.8. The molecule has 0 bridgehead atoms. The minimum absolute atomic E-state index is 0.0523. The number of hydrogen-bond acceptors (Lipinski definition) is 7. The number of anilines is 1. The summed E-state index contributed by atoms with van der Waals surface area (Å²) in [5, 5.41) is 7.46. The molecule has 0 spiro atoms. The highest BCUT2D eigenvalue weighted by atomic mass is 32.1. The van der Waals surface area contributed by atoms with Gasteiger partial charge in [0.15, 0.2) is 11.5 Å². The summed E-state index contributed by atoms with van der Waals surface area (Å²) in [5.41, 5.74) is 3.17. The van der Waals surface area contributed by atoms with E-state index in [2.05, 4.69) is 17.6 Å². The third-order valence-electron chi connectivity index (χ3n) is 6.30. The lowest BCUT2D eigenvalue weighted by atomic mass is 9.88. The lowest BCUT2D eigenvalue weighted by Gasteiger charge is -2.27. The topological polar surface area (TPSA) is 85.9 Å². The van der Waals surface area contributed by atoms with Crippen LogP contribution in [-0.4, -0.2) is 18.7 Å². The Morgan fingerprint density at radius 2 is 2.00 bits per heavy atom. The van der Waals surface area contributed by atoms with Gasteiger partial charge in [-0.15, -0.1) is 11.3 Å². The fourth-order valence-electron chi connectivity index (χ4n) is 4.58. The van der Waals surface area contributed by atoms with E-state index in [0.717, 1.165) is 35.4 Å². The summed E-state index contributed by atoms with van der Waals surface area (Å²) >= 11 is 1.69. The summed E-state index contributed by atoms with van der Waals surface area (Å²) in [6, 6.07) is 12.1. The number of rotatable bonds is 3. The van der Waals surface area contributed by atoms with Crippen molar-refractivity contribution in [1.29, 1.82) is 0 Å². The molecule has 6 rings (SSSR count). The molecule has 3 aromatic rings. The molecule has 33 heavy (non-hydrogen) atoms. The second-order valence-corrected chi connectivity index (χ2v) is 9.74. The number of benzene rings is 2. The van der Waals surface area contributed by atoms with E-state index in [4.69, 9.17) is 14.2 Å². The molecule has 0 saturated carbocycles. The number of hydrogen-bond donors (Lipinski definition) is 2. The number of carbonyl (C=O) groups is 2. The van der Waals surface area contributed by atoms with Crippen LogP contribution in [0.1, 0.15) is 56.2 Å². The average molecular weight is 463 g/mol. The van der Waals surface area contributed by atoms with Crippen LogP contribution in [0, 0.1) is 5.92 Å². The smallest absolute Gasteiger partial charge is 0.343 e. The molecule has 2 aromatic carbocycles. The van der Waals surface area contributed by atoms with Crippen molar-refractivity contribution in [3.05, 3.63) is 69.6 Å². The van der Waals surface area contributed by atoms with Crippen LogP contribution >= 0.6 is 11.3 Å². The number of thiophene rings is 1. The van der Waals surface area contributed by atoms with Crippen molar-refractivity contribution in [2.24, 2.45) is 5.92 Å². The van der Waals surface area contributed by atoms with Crippen LogP contribution in [0.5, 0.6) is 17.2 Å². The maximum atomic E-state index is 13.0. The molecule has 8 heteroatoms. The molecule has 3 aliphatic rings. The molecular formula is C25H22N2O5S. The average Bonchev–Trinajstić information content (AvgIpc) is 3.42. The van der Waals surface area contributed by atoms with Crippen molar-refractivity contribution in [2.45, 2.75) is 32.4 Å². The fourth-order valence-corrected chi connectivity index (χ4v) is 6.01. The molecule has 0 saturated heterocycles. The highest BCUT2D eigenvalue weighted by molar-refractivity contribution is 7.16. The van der Waals surface area contributed by atoms with E-state index < -0.39 is 12.1 Å². The molecular weight excluding hydrogens is 440 g/mol. The van der Waals surface area contributed by atoms with Gasteiger partial charge in [0, 0.05) is 4.88 Å². The largest absolute Gasteiger partial charge is 0.454 e. The maximum absolute atomic E-state index is 13.0. The van der Waals surface area contributed by atoms with Crippen LogP contribution in [0.4, 0.5) is 5.00 Å². The number of carbonyl (C=O) groups excluding carboxylic acids is 2. The normalized spacial score (nSPS) is 20.3. The van der Waals surface area contributed by atoms with E-state index in [-0.39, 0.29) is 12.7 Å². The molecule has 0 unspecified atom stereocenters. The first-order valence-corrected chi connectivity index (χ1v) is 11.8. The lowest BCUT2D eigenvalue weighted by Crippen LogP contribution is -2.38. The van der Waals surface area contributed by atoms with Gasteiger partial charge in [-0.25, -0.2) is 4.79 Å². The summed E-state index contributed by atoms with van der Waals surface area (Å²) < 4.78 is 16.2. The summed E-state index contributed by atoms with van der Waals surface area (Å²) in [6.07, 6.45) is 2.70. The highest BCUT2D eigenvalue weighted by Crippen LogP contribution is 2.42. The maximum Gasteiger partial charge on any atom is 0.343 e. The third kappa shape index (κ3) is 3.60. The minimum Gasteiger partial charge on any atom is -0.454 e. The summed E-state index contributed by atoms with van der Waals surface area (Å²) in [4.78, 5) is 26.9. The number of fused-ring (bicyclic) bond motifs is 4. The molecule has 3 heterocycles. The van der Waals surface area contributed by atoms with E-state index in [9.17, 15) is 9.59 Å². The molecule has 1 aliphatic carbocycles. The summed E-state index contributed by atoms with van der Waals surface area (Å²) in [5.74, 6) is 1.63. The SMILES string of the molecule is C[C@H]1CCc2c(sc3c2C(=O)N[C@@H](c2cccc(OC(=O)c4ccc5c(c4)OCO5)c2)N3)C1. The first-order chi connectivity index (χ1) is 16.0. The van der Waals surface area contributed by atoms with Gasteiger partial charge < -0.3 is 24.8 Å². The molecule has 1 amide bonds. The Morgan fingerprint density at radius 1 is 1.12 bits per heavy atom. The molecule has 2 N–H and O–H groups in total. The van der Waals surface area contributed by atoms with Gasteiger partial charge in [-0.3, -0.25) is 4.79 Å². The zero-order chi connectivity index (χ0) is 22.5. The van der Waals surface area contributed by atoms with Gasteiger partial charge in [-0.05, 0) is 66.6 Å². The van der Waals surface area contributed by atoms with Crippen molar-refractivity contribution in [1.82, 2.24) is 5.32 Å². The number of amides is 1. The van der Waals surface area contributed by atoms with Crippen LogP contribution < -0.4 is 24.8 Å². The first kappa shape index (κ1) is 20.1. The Kier molecular flexibility index (Phi) is 4.76. The Balaban J connectivity index is 1.22. The molecule has 0 radical (unpaired) electrons. The standard InChI is InChI=1S/C25H22N2O5S/c1-13-5-7-17-20(9-13)33-24-21(17)23(28)26-22(27-24)14-3-2-4-16(10-14)32-25(29)15-6-8-18-19(11-15)31-12-30-18/h2-4,6,8,10-11,13,22,27H,5,7,9,12H2,1H3,(H,26,28)/t13-,22+/m0/s1. The van der Waals surface area contributed by atoms with E-state index in [1.807, 2.05) is 12.1 Å². The predicted molar refractivity (Wildman–Crippen MR) is 123 cm³/mol. The first-order valence-electron chi connectivity index (χ1n) is 11.0. The van der Waals surface area contributed by atoms with E-state index in [1.165, 1.54) is 10.4 Å². The van der Waals surface area contributed by atoms with Gasteiger partial charge in [-0.1, -0.05) is 19.1 Å². The molecule has 7 nitrogen and oxygen atoms in total. The van der Waals surface area contributed by atoms with Crippen LogP contribution in [-0.2, 0) is 12.8 Å². The number of nitrogens with one attached hydrogen (secondary N) is 2. The van der Waals surface area contributed by atoms with Crippen molar-refractivity contribution >= 4 is 28.2 Å². The Hall–Kier alpha value is -3.52. The van der Waals surface area contributed by atoms with Gasteiger partial charge in [0.2, 0.25) is 6.79 Å². The van der Waals surface area contributed by atoms with Crippen LogP contribution in [0.2, 0.25) is 0 Å². The quantitative estimate of drug-likeness (QED) is 0.434. The van der Waals surface area contributed by atoms with Crippen molar-refractivity contribution in [2.75, 3.05) is 12.1 Å². The lowest BCUT2D eigenvalue weighted by molar-refractivity contribution is 0.0733. The van der Waals surface area contributed by atoms with E-state index >= 15 is 0 Å². The zero-order valence-electron chi connectivity index (χ0n) is 18.0. The second-order valence-electron chi connectivity index (χ2n) is 8.64. The van der Waals surface area contributed by atoms with Crippen molar-refractivity contribution < 1.29 is 23.8 Å². The molecule has 2 atom stereocenters. The Bertz CT molecular complexity index is 1280. The van der Waals surface area contributed by atoms with Gasteiger partial charge >= 0.3 is 5.97 Å². The fraction of sp³-hybridized carbons (Fsp3) is 0.280. The van der Waals surface area contributed by atoms with Gasteiger partial charge in [0.25, 0.3) is 5.91 Å². The summed E-state index contributed by atoms with van der Waals surface area (Å²) in [7, 11) is 0. The van der Waals surface area contributed by atoms with Gasteiger partial charge in [0.05, 0.1) is 11.1 Å². The van der Waals surface area contributed by atoms with Crippen LogP contribution in [0.3, 0.4) is 0 Å². The second kappa shape index (κ2) is 7.81. The summed E-state index contributed by atoms with van der Waals surface area (Å²) in [6.45, 7) is 2.40. The van der Waals surface area contributed by atoms with Crippen molar-refractivity contribution in [3.8, 4) is 17.2 Å². The van der Waals surface area contributed by atoms with Gasteiger partial charge in [0.1, 0.15) is 16.9 Å². The minimum atomic E-state index is -0.492. The molecule has 1 aromatic heterocycles. The number of ether oxygens (including phenoxy) is 3. The Labute approximate surface area is 194 Å². The van der Waals surface area contributed by atoms with E-state index in [0.29, 0.717) is 28.7 Å². The van der Waals surface area contributed by atoms with E-state index in [1.54, 1.807) is 41.7 Å². The van der Waals surface area contributed by atoms with Gasteiger partial charge in [-0.2, -0.15) is 0 Å². The predicted octanol–water partition coefficient (Wildman–Crippen LogP) is 4.67.